The largest absolute Gasteiger partial charge is 0.384 e. The molecule has 0 amide bonds. The van der Waals surface area contributed by atoms with Crippen LogP contribution in [0.3, 0.4) is 0 Å². The number of allylic oxidation sites excluding steroid dienone is 1. The summed E-state index contributed by atoms with van der Waals surface area (Å²) >= 11 is 0. The van der Waals surface area contributed by atoms with Gasteiger partial charge < -0.3 is 11.1 Å². The first kappa shape index (κ1) is 9.63. The van der Waals surface area contributed by atoms with Crippen molar-refractivity contribution < 1.29 is 0 Å². The van der Waals surface area contributed by atoms with Crippen LogP contribution in [0.15, 0.2) is 41.7 Å². The van der Waals surface area contributed by atoms with Gasteiger partial charge >= 0.3 is 0 Å². The number of nitrogens with one attached hydrogen (secondary N) is 1. The van der Waals surface area contributed by atoms with E-state index >= 15 is 0 Å². The van der Waals surface area contributed by atoms with Gasteiger partial charge in [-0.05, 0) is 12.1 Å². The predicted octanol–water partition coefficient (Wildman–Crippen LogP) is 1.32. The molecule has 0 aliphatic heterocycles. The first-order valence-corrected chi connectivity index (χ1v) is 3.90. The van der Waals surface area contributed by atoms with Crippen molar-refractivity contribution >= 4 is 5.69 Å². The highest BCUT2D eigenvalue weighted by atomic mass is 15.0. The van der Waals surface area contributed by atoms with Crippen LogP contribution in [0, 0.1) is 22.7 Å². The Bertz CT molecular complexity index is 404. The number of para-hydroxylation sites is 1. The Morgan fingerprint density at radius 3 is 2.21 bits per heavy atom. The van der Waals surface area contributed by atoms with Crippen LogP contribution >= 0.6 is 0 Å². The molecule has 3 N–H and O–H groups in total. The molecule has 0 aliphatic carbocycles. The topological polar surface area (TPSA) is 85.6 Å². The highest BCUT2D eigenvalue weighted by Crippen LogP contribution is 2.08. The number of hydrogen-bond acceptors (Lipinski definition) is 4. The summed E-state index contributed by atoms with van der Waals surface area (Å²) in [6, 6.07) is 12.5. The minimum absolute atomic E-state index is 0.0706. The standard InChI is InChI=1S/C10H8N4/c11-6-8(7-12)10(13)14-9-4-2-1-3-5-9/h1-5,14H,13H2. The van der Waals surface area contributed by atoms with Gasteiger partial charge in [-0.15, -0.1) is 0 Å². The number of nitrogens with zero attached hydrogens (tertiary/aromatic N) is 2. The van der Waals surface area contributed by atoms with Gasteiger partial charge in [-0.1, -0.05) is 18.2 Å². The lowest BCUT2D eigenvalue weighted by Gasteiger charge is -2.04. The molecule has 0 heterocycles. The van der Waals surface area contributed by atoms with Crippen molar-refractivity contribution in [1.29, 1.82) is 10.5 Å². The number of rotatable bonds is 2. The maximum Gasteiger partial charge on any atom is 0.169 e. The molecule has 68 valence electrons. The van der Waals surface area contributed by atoms with Crippen LogP contribution in [-0.4, -0.2) is 0 Å². The van der Waals surface area contributed by atoms with Crippen LogP contribution in [0.2, 0.25) is 0 Å². The fourth-order valence-electron chi connectivity index (χ4n) is 0.885. The molecule has 0 bridgehead atoms. The second-order valence-corrected chi connectivity index (χ2v) is 2.50. The van der Waals surface area contributed by atoms with Gasteiger partial charge in [0.15, 0.2) is 5.57 Å². The van der Waals surface area contributed by atoms with E-state index in [-0.39, 0.29) is 11.4 Å². The Kier molecular flexibility index (Phi) is 3.12. The molecule has 0 atom stereocenters. The molecule has 0 radical (unpaired) electrons. The summed E-state index contributed by atoms with van der Waals surface area (Å²) in [6.07, 6.45) is 0. The zero-order chi connectivity index (χ0) is 10.4. The Labute approximate surface area is 81.9 Å². The quantitative estimate of drug-likeness (QED) is 0.678. The summed E-state index contributed by atoms with van der Waals surface area (Å²) in [5.41, 5.74) is 6.12. The Balaban J connectivity index is 2.87. The highest BCUT2D eigenvalue weighted by molar-refractivity contribution is 5.52. The Hall–Kier alpha value is -2.46. The molecule has 1 rings (SSSR count). The van der Waals surface area contributed by atoms with Gasteiger partial charge in [0.1, 0.15) is 18.0 Å². The first-order valence-electron chi connectivity index (χ1n) is 3.90. The predicted molar refractivity (Wildman–Crippen MR) is 52.5 cm³/mol. The third-order valence-corrected chi connectivity index (χ3v) is 1.55. The van der Waals surface area contributed by atoms with Crippen LogP contribution < -0.4 is 11.1 Å². The Morgan fingerprint density at radius 2 is 1.71 bits per heavy atom. The summed E-state index contributed by atoms with van der Waals surface area (Å²) in [5.74, 6) is 0.0706. The van der Waals surface area contributed by atoms with Crippen LogP contribution in [-0.2, 0) is 0 Å². The molecule has 0 fully saturated rings. The number of hydrogen-bond donors (Lipinski definition) is 2. The second-order valence-electron chi connectivity index (χ2n) is 2.50. The second kappa shape index (κ2) is 4.54. The van der Waals surface area contributed by atoms with Crippen LogP contribution in [0.4, 0.5) is 5.69 Å². The third-order valence-electron chi connectivity index (χ3n) is 1.55. The molecular weight excluding hydrogens is 176 g/mol. The lowest BCUT2D eigenvalue weighted by atomic mass is 10.3. The zero-order valence-corrected chi connectivity index (χ0v) is 7.36. The van der Waals surface area contributed by atoms with Crippen LogP contribution in [0.5, 0.6) is 0 Å². The van der Waals surface area contributed by atoms with E-state index in [1.807, 2.05) is 18.2 Å². The van der Waals surface area contributed by atoms with Gasteiger partial charge in [0.05, 0.1) is 0 Å². The molecule has 0 aromatic heterocycles. The van der Waals surface area contributed by atoms with Crippen molar-refractivity contribution in [2.75, 3.05) is 5.32 Å². The SMILES string of the molecule is N#CC(C#N)=C(N)Nc1ccccc1. The average Bonchev–Trinajstić information content (AvgIpc) is 2.21. The molecule has 1 aromatic carbocycles. The molecule has 0 saturated carbocycles. The normalized spacial score (nSPS) is 8.14. The fraction of sp³-hybridized carbons (Fsp3) is 0. The maximum atomic E-state index is 8.52. The molecular formula is C10H8N4. The monoisotopic (exact) mass is 184 g/mol. The van der Waals surface area contributed by atoms with E-state index in [0.717, 1.165) is 5.69 Å². The molecule has 4 nitrogen and oxygen atoms in total. The number of nitrogens with two attached hydrogens (primary N) is 1. The minimum Gasteiger partial charge on any atom is -0.384 e. The maximum absolute atomic E-state index is 8.52. The highest BCUT2D eigenvalue weighted by Gasteiger charge is 2.00. The summed E-state index contributed by atoms with van der Waals surface area (Å²) in [7, 11) is 0. The van der Waals surface area contributed by atoms with Crippen molar-refractivity contribution in [3.05, 3.63) is 41.7 Å². The number of benzene rings is 1. The average molecular weight is 184 g/mol. The van der Waals surface area contributed by atoms with Crippen LogP contribution in [0.1, 0.15) is 0 Å². The lowest BCUT2D eigenvalue weighted by Crippen LogP contribution is -2.11. The minimum atomic E-state index is -0.117. The molecule has 0 saturated heterocycles. The molecule has 0 aliphatic rings. The van der Waals surface area contributed by atoms with E-state index in [1.165, 1.54) is 0 Å². The van der Waals surface area contributed by atoms with E-state index in [1.54, 1.807) is 24.3 Å². The van der Waals surface area contributed by atoms with Gasteiger partial charge in [-0.2, -0.15) is 10.5 Å². The summed E-state index contributed by atoms with van der Waals surface area (Å²) in [5, 5.41) is 19.8. The molecule has 1 aromatic rings. The number of anilines is 1. The van der Waals surface area contributed by atoms with Gasteiger partial charge in [0.2, 0.25) is 0 Å². The molecule has 0 unspecified atom stereocenters. The van der Waals surface area contributed by atoms with Gasteiger partial charge in [-0.25, -0.2) is 0 Å². The third kappa shape index (κ3) is 2.26. The lowest BCUT2D eigenvalue weighted by molar-refractivity contribution is 1.27. The van der Waals surface area contributed by atoms with Crippen molar-refractivity contribution in [2.24, 2.45) is 5.73 Å². The summed E-state index contributed by atoms with van der Waals surface area (Å²) < 4.78 is 0. The van der Waals surface area contributed by atoms with Gasteiger partial charge in [-0.3, -0.25) is 0 Å². The molecule has 14 heavy (non-hydrogen) atoms. The van der Waals surface area contributed by atoms with Crippen molar-refractivity contribution in [2.45, 2.75) is 0 Å². The van der Waals surface area contributed by atoms with E-state index in [9.17, 15) is 0 Å². The van der Waals surface area contributed by atoms with Crippen molar-refractivity contribution in [1.82, 2.24) is 0 Å². The van der Waals surface area contributed by atoms with Gasteiger partial charge in [0, 0.05) is 5.69 Å². The van der Waals surface area contributed by atoms with Crippen molar-refractivity contribution in [3.8, 4) is 12.1 Å². The van der Waals surface area contributed by atoms with Crippen LogP contribution in [0.25, 0.3) is 0 Å². The van der Waals surface area contributed by atoms with E-state index in [2.05, 4.69) is 5.32 Å². The van der Waals surface area contributed by atoms with Gasteiger partial charge in [0.25, 0.3) is 0 Å². The number of nitriles is 2. The molecule has 0 spiro atoms. The first-order chi connectivity index (χ1) is 6.77. The van der Waals surface area contributed by atoms with E-state index < -0.39 is 0 Å². The summed E-state index contributed by atoms with van der Waals surface area (Å²) in [4.78, 5) is 0. The van der Waals surface area contributed by atoms with E-state index in [0.29, 0.717) is 0 Å². The van der Waals surface area contributed by atoms with Crippen molar-refractivity contribution in [3.63, 3.8) is 0 Å². The summed E-state index contributed by atoms with van der Waals surface area (Å²) in [6.45, 7) is 0. The fourth-order valence-corrected chi connectivity index (χ4v) is 0.885. The van der Waals surface area contributed by atoms with E-state index in [4.69, 9.17) is 16.3 Å². The zero-order valence-electron chi connectivity index (χ0n) is 7.36. The Morgan fingerprint density at radius 1 is 1.14 bits per heavy atom. The smallest absolute Gasteiger partial charge is 0.169 e. The molecule has 4 heteroatoms.